The highest BCUT2D eigenvalue weighted by atomic mass is 16.2. The van der Waals surface area contributed by atoms with Crippen molar-refractivity contribution < 1.29 is 4.79 Å². The maximum absolute atomic E-state index is 12.6. The molecule has 1 fully saturated rings. The number of nitrogens with one attached hydrogen (secondary N) is 1. The van der Waals surface area contributed by atoms with E-state index in [-0.39, 0.29) is 11.5 Å². The first-order valence-corrected chi connectivity index (χ1v) is 7.97. The molecule has 1 amide bonds. The summed E-state index contributed by atoms with van der Waals surface area (Å²) < 4.78 is 0. The average Bonchev–Trinajstić information content (AvgIpc) is 2.49. The number of carbonyl (C=O) groups excluding carboxylic acids is 1. The first kappa shape index (κ1) is 16.7. The molecule has 1 aromatic heterocycles. The zero-order valence-corrected chi connectivity index (χ0v) is 14.0. The molecular formula is C16H26N4O2. The minimum Gasteiger partial charge on any atom is -0.336 e. The number of amides is 1. The number of aromatic amines is 1. The van der Waals surface area contributed by atoms with E-state index in [9.17, 15) is 9.59 Å². The number of hydrogen-bond donors (Lipinski definition) is 1. The summed E-state index contributed by atoms with van der Waals surface area (Å²) in [5.74, 6) is 0.522. The average molecular weight is 306 g/mol. The summed E-state index contributed by atoms with van der Waals surface area (Å²) in [7, 11) is 0. The van der Waals surface area contributed by atoms with E-state index >= 15 is 0 Å². The van der Waals surface area contributed by atoms with Gasteiger partial charge in [-0.3, -0.25) is 14.5 Å². The molecule has 6 heteroatoms. The molecule has 0 unspecified atom stereocenters. The molecule has 1 saturated heterocycles. The summed E-state index contributed by atoms with van der Waals surface area (Å²) in [4.78, 5) is 28.7. The monoisotopic (exact) mass is 306 g/mol. The van der Waals surface area contributed by atoms with Crippen LogP contribution in [0.1, 0.15) is 41.9 Å². The highest BCUT2D eigenvalue weighted by Gasteiger charge is 2.25. The first-order chi connectivity index (χ1) is 10.4. The van der Waals surface area contributed by atoms with E-state index in [1.165, 1.54) is 6.42 Å². The molecule has 6 nitrogen and oxygen atoms in total. The van der Waals surface area contributed by atoms with E-state index in [0.29, 0.717) is 30.3 Å². The first-order valence-electron chi connectivity index (χ1n) is 7.97. The molecule has 1 N–H and O–H groups in total. The zero-order valence-electron chi connectivity index (χ0n) is 14.0. The van der Waals surface area contributed by atoms with Crippen molar-refractivity contribution in [3.8, 4) is 0 Å². The third-order valence-electron chi connectivity index (χ3n) is 4.37. The normalized spacial score (nSPS) is 16.3. The summed E-state index contributed by atoms with van der Waals surface area (Å²) in [6.45, 7) is 12.2. The van der Waals surface area contributed by atoms with Crippen LogP contribution in [0.2, 0.25) is 0 Å². The van der Waals surface area contributed by atoms with E-state index in [1.807, 2.05) is 0 Å². The highest BCUT2D eigenvalue weighted by Crippen LogP contribution is 2.12. The van der Waals surface area contributed by atoms with Crippen molar-refractivity contribution in [1.29, 1.82) is 0 Å². The molecule has 2 rings (SSSR count). The second kappa shape index (κ2) is 7.05. The fourth-order valence-corrected chi connectivity index (χ4v) is 2.66. The van der Waals surface area contributed by atoms with Crippen LogP contribution in [0.3, 0.4) is 0 Å². The Morgan fingerprint density at radius 2 is 1.86 bits per heavy atom. The van der Waals surface area contributed by atoms with Crippen LogP contribution in [0.4, 0.5) is 0 Å². The van der Waals surface area contributed by atoms with Gasteiger partial charge in [0.25, 0.3) is 11.5 Å². The van der Waals surface area contributed by atoms with Gasteiger partial charge in [0.2, 0.25) is 0 Å². The summed E-state index contributed by atoms with van der Waals surface area (Å²) in [5.41, 5.74) is 1.22. The number of piperazine rings is 1. The van der Waals surface area contributed by atoms with Crippen molar-refractivity contribution in [3.63, 3.8) is 0 Å². The number of carbonyl (C=O) groups is 1. The molecule has 22 heavy (non-hydrogen) atoms. The SMILES string of the molecule is Cc1n[nH]c(=O)c(C(=O)N2CCN(CCC(C)C)CC2)c1C. The Morgan fingerprint density at radius 3 is 2.45 bits per heavy atom. The van der Waals surface area contributed by atoms with Crippen LogP contribution < -0.4 is 5.56 Å². The molecule has 1 aliphatic heterocycles. The van der Waals surface area contributed by atoms with E-state index in [0.717, 1.165) is 19.6 Å². The molecule has 0 saturated carbocycles. The van der Waals surface area contributed by atoms with Gasteiger partial charge in [0.05, 0.1) is 5.69 Å². The molecule has 0 atom stereocenters. The van der Waals surface area contributed by atoms with Gasteiger partial charge in [0.1, 0.15) is 5.56 Å². The second-order valence-electron chi connectivity index (χ2n) is 6.45. The Kier molecular flexibility index (Phi) is 5.34. The van der Waals surface area contributed by atoms with Crippen molar-refractivity contribution >= 4 is 5.91 Å². The Balaban J connectivity index is 2.02. The number of rotatable bonds is 4. The molecule has 0 aromatic carbocycles. The van der Waals surface area contributed by atoms with Gasteiger partial charge < -0.3 is 4.90 Å². The molecule has 1 aromatic rings. The number of nitrogens with zero attached hydrogens (tertiary/aromatic N) is 3. The van der Waals surface area contributed by atoms with Gasteiger partial charge in [-0.2, -0.15) is 5.10 Å². The van der Waals surface area contributed by atoms with Crippen molar-refractivity contribution in [2.24, 2.45) is 5.92 Å². The maximum Gasteiger partial charge on any atom is 0.277 e. The van der Waals surface area contributed by atoms with E-state index in [1.54, 1.807) is 18.7 Å². The van der Waals surface area contributed by atoms with Gasteiger partial charge in [0, 0.05) is 26.2 Å². The summed E-state index contributed by atoms with van der Waals surface area (Å²) >= 11 is 0. The summed E-state index contributed by atoms with van der Waals surface area (Å²) in [5, 5.41) is 6.31. The molecule has 0 aliphatic carbocycles. The minimum atomic E-state index is -0.393. The Bertz CT molecular complexity index is 586. The van der Waals surface area contributed by atoms with Gasteiger partial charge in [-0.05, 0) is 38.3 Å². The van der Waals surface area contributed by atoms with Gasteiger partial charge in [-0.25, -0.2) is 5.10 Å². The lowest BCUT2D eigenvalue weighted by atomic mass is 10.1. The van der Waals surface area contributed by atoms with Crippen LogP contribution in [-0.2, 0) is 0 Å². The van der Waals surface area contributed by atoms with Crippen LogP contribution >= 0.6 is 0 Å². The summed E-state index contributed by atoms with van der Waals surface area (Å²) in [6.07, 6.45) is 1.18. The lowest BCUT2D eigenvalue weighted by Gasteiger charge is -2.35. The molecule has 122 valence electrons. The van der Waals surface area contributed by atoms with Gasteiger partial charge >= 0.3 is 0 Å². The van der Waals surface area contributed by atoms with E-state index < -0.39 is 5.56 Å². The predicted molar refractivity (Wildman–Crippen MR) is 86.1 cm³/mol. The fraction of sp³-hybridized carbons (Fsp3) is 0.688. The Hall–Kier alpha value is -1.69. The number of aromatic nitrogens is 2. The van der Waals surface area contributed by atoms with Crippen molar-refractivity contribution in [1.82, 2.24) is 20.0 Å². The molecule has 1 aliphatic rings. The number of hydrogen-bond acceptors (Lipinski definition) is 4. The quantitative estimate of drug-likeness (QED) is 0.907. The standard InChI is InChI=1S/C16H26N4O2/c1-11(2)5-6-19-7-9-20(10-8-19)16(22)14-12(3)13(4)17-18-15(14)21/h11H,5-10H2,1-4H3,(H,18,21). The zero-order chi connectivity index (χ0) is 16.3. The second-order valence-corrected chi connectivity index (χ2v) is 6.45. The predicted octanol–water partition coefficient (Wildman–Crippen LogP) is 1.19. The van der Waals surface area contributed by atoms with Crippen LogP contribution in [0, 0.1) is 19.8 Å². The Labute approximate surface area is 131 Å². The third-order valence-corrected chi connectivity index (χ3v) is 4.37. The highest BCUT2D eigenvalue weighted by molar-refractivity contribution is 5.95. The molecule has 2 heterocycles. The van der Waals surface area contributed by atoms with Crippen LogP contribution in [0.15, 0.2) is 4.79 Å². The largest absolute Gasteiger partial charge is 0.336 e. The molecule has 0 bridgehead atoms. The third kappa shape index (κ3) is 3.74. The van der Waals surface area contributed by atoms with Crippen LogP contribution in [0.25, 0.3) is 0 Å². The van der Waals surface area contributed by atoms with E-state index in [2.05, 4.69) is 28.9 Å². The smallest absolute Gasteiger partial charge is 0.277 e. The fourth-order valence-electron chi connectivity index (χ4n) is 2.66. The Morgan fingerprint density at radius 1 is 1.23 bits per heavy atom. The summed E-state index contributed by atoms with van der Waals surface area (Å²) in [6, 6.07) is 0. The lowest BCUT2D eigenvalue weighted by Crippen LogP contribution is -2.50. The van der Waals surface area contributed by atoms with Crippen LogP contribution in [-0.4, -0.2) is 58.6 Å². The lowest BCUT2D eigenvalue weighted by molar-refractivity contribution is 0.0629. The molecule has 0 spiro atoms. The van der Waals surface area contributed by atoms with Gasteiger partial charge in [-0.1, -0.05) is 13.8 Å². The van der Waals surface area contributed by atoms with Crippen molar-refractivity contribution in [3.05, 3.63) is 27.2 Å². The van der Waals surface area contributed by atoms with Crippen LogP contribution in [0.5, 0.6) is 0 Å². The minimum absolute atomic E-state index is 0.173. The molecule has 0 radical (unpaired) electrons. The van der Waals surface area contributed by atoms with Gasteiger partial charge in [0.15, 0.2) is 0 Å². The van der Waals surface area contributed by atoms with E-state index in [4.69, 9.17) is 0 Å². The molecular weight excluding hydrogens is 280 g/mol. The van der Waals surface area contributed by atoms with Crippen molar-refractivity contribution in [2.45, 2.75) is 34.1 Å². The van der Waals surface area contributed by atoms with Crippen molar-refractivity contribution in [2.75, 3.05) is 32.7 Å². The number of H-pyrrole nitrogens is 1. The van der Waals surface area contributed by atoms with Gasteiger partial charge in [-0.15, -0.1) is 0 Å². The number of aryl methyl sites for hydroxylation is 1. The maximum atomic E-state index is 12.6. The topological polar surface area (TPSA) is 69.3 Å².